The molecule has 2 aromatic heterocycles. The number of nitrogens with one attached hydrogen (secondary N) is 1. The van der Waals surface area contributed by atoms with Gasteiger partial charge in [-0.3, -0.25) is 14.8 Å². The van der Waals surface area contributed by atoms with Gasteiger partial charge < -0.3 is 4.74 Å². The summed E-state index contributed by atoms with van der Waals surface area (Å²) in [5.41, 5.74) is 1.85. The molecule has 0 saturated heterocycles. The number of benzene rings is 2. The van der Waals surface area contributed by atoms with E-state index in [1.165, 1.54) is 30.6 Å². The average molecular weight is 408 g/mol. The molecule has 0 saturated carbocycles. The predicted octanol–water partition coefficient (Wildman–Crippen LogP) is 4.38. The maximum Gasteiger partial charge on any atom is 0.255 e. The standard InChI is InChI=1S/C21H17FN4O2S/c1-28-18-9-8-15(22)12-16(18)17-13-29-21(24-17)25-20(27)19(26-11-5-10-23-26)14-6-3-2-4-7-14/h2-13,19H,1H3,(H,24,25,27). The summed E-state index contributed by atoms with van der Waals surface area (Å²) in [6, 6.07) is 14.7. The van der Waals surface area contributed by atoms with E-state index in [1.807, 2.05) is 30.3 Å². The van der Waals surface area contributed by atoms with E-state index in [1.54, 1.807) is 34.6 Å². The molecule has 0 spiro atoms. The van der Waals surface area contributed by atoms with E-state index in [9.17, 15) is 9.18 Å². The summed E-state index contributed by atoms with van der Waals surface area (Å²) in [4.78, 5) is 17.5. The Hall–Kier alpha value is -3.52. The van der Waals surface area contributed by atoms with E-state index < -0.39 is 6.04 Å². The third kappa shape index (κ3) is 4.02. The first kappa shape index (κ1) is 18.8. The summed E-state index contributed by atoms with van der Waals surface area (Å²) in [6.45, 7) is 0. The molecule has 1 N–H and O–H groups in total. The van der Waals surface area contributed by atoms with Crippen molar-refractivity contribution < 1.29 is 13.9 Å². The number of nitrogens with zero attached hydrogens (tertiary/aromatic N) is 3. The number of thiazole rings is 1. The van der Waals surface area contributed by atoms with Gasteiger partial charge in [0.1, 0.15) is 11.6 Å². The molecule has 2 heterocycles. The van der Waals surface area contributed by atoms with Crippen molar-refractivity contribution in [1.29, 1.82) is 0 Å². The summed E-state index contributed by atoms with van der Waals surface area (Å²) in [6.07, 6.45) is 3.36. The maximum absolute atomic E-state index is 13.7. The second kappa shape index (κ2) is 8.24. The first-order chi connectivity index (χ1) is 14.2. The Morgan fingerprint density at radius 2 is 2.03 bits per heavy atom. The molecule has 8 heteroatoms. The summed E-state index contributed by atoms with van der Waals surface area (Å²) >= 11 is 1.26. The number of amides is 1. The number of aromatic nitrogens is 3. The van der Waals surface area contributed by atoms with Gasteiger partial charge in [0.2, 0.25) is 0 Å². The summed E-state index contributed by atoms with van der Waals surface area (Å²) < 4.78 is 20.6. The lowest BCUT2D eigenvalue weighted by Gasteiger charge is -2.17. The van der Waals surface area contributed by atoms with E-state index in [4.69, 9.17) is 4.74 Å². The topological polar surface area (TPSA) is 69.0 Å². The summed E-state index contributed by atoms with van der Waals surface area (Å²) in [5.74, 6) is -0.150. The zero-order valence-electron chi connectivity index (χ0n) is 15.4. The Kier molecular flexibility index (Phi) is 5.35. The van der Waals surface area contributed by atoms with E-state index in [2.05, 4.69) is 15.4 Å². The second-order valence-corrected chi connectivity index (χ2v) is 7.03. The Balaban J connectivity index is 1.61. The normalized spacial score (nSPS) is 11.8. The summed E-state index contributed by atoms with van der Waals surface area (Å²) in [7, 11) is 1.51. The molecular formula is C21H17FN4O2S. The van der Waals surface area contributed by atoms with Gasteiger partial charge in [0, 0.05) is 23.3 Å². The number of halogens is 1. The second-order valence-electron chi connectivity index (χ2n) is 6.17. The van der Waals surface area contributed by atoms with Crippen molar-refractivity contribution in [1.82, 2.24) is 14.8 Å². The molecule has 0 aliphatic carbocycles. The van der Waals surface area contributed by atoms with Crippen LogP contribution in [0.1, 0.15) is 11.6 Å². The van der Waals surface area contributed by atoms with E-state index in [-0.39, 0.29) is 11.7 Å². The van der Waals surface area contributed by atoms with Crippen LogP contribution in [-0.2, 0) is 4.79 Å². The molecule has 4 rings (SSSR count). The van der Waals surface area contributed by atoms with E-state index in [0.717, 1.165) is 5.56 Å². The van der Waals surface area contributed by atoms with Crippen molar-refractivity contribution in [3.63, 3.8) is 0 Å². The van der Waals surface area contributed by atoms with Crippen LogP contribution in [0.3, 0.4) is 0 Å². The van der Waals surface area contributed by atoms with Gasteiger partial charge in [-0.1, -0.05) is 30.3 Å². The molecule has 146 valence electrons. The van der Waals surface area contributed by atoms with Gasteiger partial charge in [0.15, 0.2) is 11.2 Å². The van der Waals surface area contributed by atoms with Gasteiger partial charge >= 0.3 is 0 Å². The van der Waals surface area contributed by atoms with Gasteiger partial charge in [-0.25, -0.2) is 9.37 Å². The molecule has 6 nitrogen and oxygen atoms in total. The third-order valence-electron chi connectivity index (χ3n) is 4.32. The van der Waals surface area contributed by atoms with Crippen LogP contribution < -0.4 is 10.1 Å². The molecule has 1 unspecified atom stereocenters. The third-order valence-corrected chi connectivity index (χ3v) is 5.08. The molecule has 0 bridgehead atoms. The fourth-order valence-electron chi connectivity index (χ4n) is 3.00. The Labute approximate surface area is 170 Å². The number of hydrogen-bond donors (Lipinski definition) is 1. The molecular weight excluding hydrogens is 391 g/mol. The van der Waals surface area contributed by atoms with Gasteiger partial charge in [-0.2, -0.15) is 5.10 Å². The lowest BCUT2D eigenvalue weighted by molar-refractivity contribution is -0.118. The zero-order valence-corrected chi connectivity index (χ0v) is 16.3. The monoisotopic (exact) mass is 408 g/mol. The molecule has 0 aliphatic heterocycles. The highest BCUT2D eigenvalue weighted by Crippen LogP contribution is 2.33. The quantitative estimate of drug-likeness (QED) is 0.514. The van der Waals surface area contributed by atoms with Crippen LogP contribution in [0.2, 0.25) is 0 Å². The zero-order chi connectivity index (χ0) is 20.2. The van der Waals surface area contributed by atoms with Gasteiger partial charge in [-0.05, 0) is 29.8 Å². The molecule has 0 radical (unpaired) electrons. The first-order valence-electron chi connectivity index (χ1n) is 8.80. The molecule has 2 aromatic carbocycles. The minimum absolute atomic E-state index is 0.271. The van der Waals surface area contributed by atoms with Gasteiger partial charge in [-0.15, -0.1) is 11.3 Å². The minimum Gasteiger partial charge on any atom is -0.496 e. The first-order valence-corrected chi connectivity index (χ1v) is 9.68. The van der Waals surface area contributed by atoms with Crippen molar-refractivity contribution >= 4 is 22.4 Å². The van der Waals surface area contributed by atoms with E-state index >= 15 is 0 Å². The summed E-state index contributed by atoms with van der Waals surface area (Å²) in [5, 5.41) is 9.22. The number of anilines is 1. The SMILES string of the molecule is COc1ccc(F)cc1-c1csc(NC(=O)C(c2ccccc2)n2cccn2)n1. The van der Waals surface area contributed by atoms with Crippen molar-refractivity contribution in [2.45, 2.75) is 6.04 Å². The molecule has 29 heavy (non-hydrogen) atoms. The van der Waals surface area contributed by atoms with Crippen molar-refractivity contribution in [3.8, 4) is 17.0 Å². The Morgan fingerprint density at radius 1 is 1.21 bits per heavy atom. The fourth-order valence-corrected chi connectivity index (χ4v) is 3.72. The van der Waals surface area contributed by atoms with E-state index in [0.29, 0.717) is 22.1 Å². The Bertz CT molecular complexity index is 1110. The number of ether oxygens (including phenoxy) is 1. The minimum atomic E-state index is -0.637. The van der Waals surface area contributed by atoms with Crippen molar-refractivity contribution in [2.75, 3.05) is 12.4 Å². The van der Waals surface area contributed by atoms with Gasteiger partial charge in [0.25, 0.3) is 5.91 Å². The van der Waals surface area contributed by atoms with Crippen LogP contribution in [0.5, 0.6) is 5.75 Å². The molecule has 0 aliphatic rings. The highest BCUT2D eigenvalue weighted by Gasteiger charge is 2.24. The van der Waals surface area contributed by atoms with Crippen molar-refractivity contribution in [2.24, 2.45) is 0 Å². The highest BCUT2D eigenvalue weighted by atomic mass is 32.1. The smallest absolute Gasteiger partial charge is 0.255 e. The van der Waals surface area contributed by atoms with Crippen LogP contribution in [-0.4, -0.2) is 27.8 Å². The van der Waals surface area contributed by atoms with Crippen LogP contribution in [0.15, 0.2) is 72.4 Å². The largest absolute Gasteiger partial charge is 0.496 e. The number of methoxy groups -OCH3 is 1. The van der Waals surface area contributed by atoms with Crippen LogP contribution in [0.25, 0.3) is 11.3 Å². The van der Waals surface area contributed by atoms with Crippen LogP contribution >= 0.6 is 11.3 Å². The number of carbonyl (C=O) groups is 1. The lowest BCUT2D eigenvalue weighted by atomic mass is 10.1. The molecule has 1 amide bonds. The van der Waals surface area contributed by atoms with Crippen LogP contribution in [0, 0.1) is 5.82 Å². The maximum atomic E-state index is 13.7. The molecule has 4 aromatic rings. The Morgan fingerprint density at radius 3 is 2.76 bits per heavy atom. The predicted molar refractivity (Wildman–Crippen MR) is 109 cm³/mol. The van der Waals surface area contributed by atoms with Crippen molar-refractivity contribution in [3.05, 3.63) is 83.8 Å². The number of rotatable bonds is 6. The highest BCUT2D eigenvalue weighted by molar-refractivity contribution is 7.14. The fraction of sp³-hybridized carbons (Fsp3) is 0.0952. The lowest BCUT2D eigenvalue weighted by Crippen LogP contribution is -2.27. The van der Waals surface area contributed by atoms with Crippen LogP contribution in [0.4, 0.5) is 9.52 Å². The molecule has 1 atom stereocenters. The van der Waals surface area contributed by atoms with Gasteiger partial charge in [0.05, 0.1) is 12.8 Å². The number of carbonyl (C=O) groups excluding carboxylic acids is 1. The average Bonchev–Trinajstić information content (AvgIpc) is 3.41. The molecule has 0 fully saturated rings. The number of hydrogen-bond acceptors (Lipinski definition) is 5.